The van der Waals surface area contributed by atoms with Crippen LogP contribution in [0.5, 0.6) is 11.5 Å². The van der Waals surface area contributed by atoms with Crippen LogP contribution in [0.3, 0.4) is 0 Å². The highest BCUT2D eigenvalue weighted by molar-refractivity contribution is 6.35. The zero-order valence-electron chi connectivity index (χ0n) is 10.5. The van der Waals surface area contributed by atoms with Crippen molar-refractivity contribution >= 4 is 29.0 Å². The second-order valence-electron chi connectivity index (χ2n) is 4.63. The van der Waals surface area contributed by atoms with Crippen LogP contribution in [0, 0.1) is 0 Å². The van der Waals surface area contributed by atoms with E-state index in [0.29, 0.717) is 33.7 Å². The zero-order chi connectivity index (χ0) is 14.1. The van der Waals surface area contributed by atoms with Gasteiger partial charge in [0.05, 0.1) is 11.2 Å². The standard InChI is InChI=1S/C15H11Cl2NO2/c16-10-4-5-14(12(17)7-10)20-11-6-9-2-1-3-13(19)15(9)18-8-11/h4-8H,1-3H2. The van der Waals surface area contributed by atoms with Gasteiger partial charge in [0, 0.05) is 11.4 Å². The van der Waals surface area contributed by atoms with Crippen LogP contribution in [0.2, 0.25) is 10.0 Å². The largest absolute Gasteiger partial charge is 0.454 e. The van der Waals surface area contributed by atoms with Gasteiger partial charge in [-0.2, -0.15) is 0 Å². The van der Waals surface area contributed by atoms with Gasteiger partial charge in [0.2, 0.25) is 0 Å². The van der Waals surface area contributed by atoms with E-state index in [0.717, 1.165) is 18.4 Å². The van der Waals surface area contributed by atoms with Gasteiger partial charge in [0.1, 0.15) is 17.2 Å². The lowest BCUT2D eigenvalue weighted by Gasteiger charge is -2.15. The summed E-state index contributed by atoms with van der Waals surface area (Å²) < 4.78 is 5.70. The summed E-state index contributed by atoms with van der Waals surface area (Å²) in [5.74, 6) is 1.19. The van der Waals surface area contributed by atoms with Gasteiger partial charge >= 0.3 is 0 Å². The molecule has 5 heteroatoms. The Bertz CT molecular complexity index is 686. The van der Waals surface area contributed by atoms with Crippen molar-refractivity contribution in [1.29, 1.82) is 0 Å². The van der Waals surface area contributed by atoms with E-state index in [1.807, 2.05) is 6.07 Å². The number of aryl methyl sites for hydroxylation is 1. The predicted octanol–water partition coefficient (Wildman–Crippen LogP) is 4.70. The van der Waals surface area contributed by atoms with E-state index in [4.69, 9.17) is 27.9 Å². The molecule has 0 spiro atoms. The molecule has 3 nitrogen and oxygen atoms in total. The average Bonchev–Trinajstić information content (AvgIpc) is 2.42. The van der Waals surface area contributed by atoms with Crippen LogP contribution in [0.1, 0.15) is 28.9 Å². The molecule has 0 fully saturated rings. The summed E-state index contributed by atoms with van der Waals surface area (Å²) in [5, 5.41) is 0.989. The van der Waals surface area contributed by atoms with Crippen LogP contribution in [0.15, 0.2) is 30.5 Å². The van der Waals surface area contributed by atoms with Gasteiger partial charge in [-0.25, -0.2) is 4.98 Å². The van der Waals surface area contributed by atoms with Crippen LogP contribution in [0.25, 0.3) is 0 Å². The van der Waals surface area contributed by atoms with Crippen molar-refractivity contribution in [2.45, 2.75) is 19.3 Å². The fourth-order valence-corrected chi connectivity index (χ4v) is 2.68. The number of ether oxygens (including phenoxy) is 1. The molecule has 0 saturated carbocycles. The van der Waals surface area contributed by atoms with Crippen molar-refractivity contribution < 1.29 is 9.53 Å². The molecule has 0 N–H and O–H groups in total. The number of benzene rings is 1. The summed E-state index contributed by atoms with van der Waals surface area (Å²) in [6.07, 6.45) is 3.83. The summed E-state index contributed by atoms with van der Waals surface area (Å²) in [7, 11) is 0. The Morgan fingerprint density at radius 1 is 1.15 bits per heavy atom. The van der Waals surface area contributed by atoms with Crippen LogP contribution < -0.4 is 4.74 Å². The Kier molecular flexibility index (Phi) is 3.64. The number of Topliss-reactive ketones (excluding diaryl/α,β-unsaturated/α-hetero) is 1. The number of rotatable bonds is 2. The Morgan fingerprint density at radius 2 is 2.00 bits per heavy atom. The third-order valence-corrected chi connectivity index (χ3v) is 3.71. The fourth-order valence-electron chi connectivity index (χ4n) is 2.23. The normalized spacial score (nSPS) is 14.0. The first-order valence-corrected chi connectivity index (χ1v) is 7.04. The zero-order valence-corrected chi connectivity index (χ0v) is 12.0. The van der Waals surface area contributed by atoms with Crippen molar-refractivity contribution in [3.8, 4) is 11.5 Å². The molecular formula is C15H11Cl2NO2. The number of carbonyl (C=O) groups excluding carboxylic acids is 1. The molecule has 0 amide bonds. The molecule has 0 radical (unpaired) electrons. The monoisotopic (exact) mass is 307 g/mol. The Hall–Kier alpha value is -1.58. The van der Waals surface area contributed by atoms with Crippen molar-refractivity contribution in [3.63, 3.8) is 0 Å². The van der Waals surface area contributed by atoms with Crippen molar-refractivity contribution in [1.82, 2.24) is 4.98 Å². The minimum atomic E-state index is 0.0994. The summed E-state index contributed by atoms with van der Waals surface area (Å²) >= 11 is 11.9. The second kappa shape index (κ2) is 5.43. The molecule has 0 saturated heterocycles. The maximum atomic E-state index is 11.7. The van der Waals surface area contributed by atoms with Crippen LogP contribution in [-0.2, 0) is 6.42 Å². The number of carbonyl (C=O) groups is 1. The summed E-state index contributed by atoms with van der Waals surface area (Å²) in [6.45, 7) is 0. The molecule has 102 valence electrons. The third kappa shape index (κ3) is 2.65. The third-order valence-electron chi connectivity index (χ3n) is 3.18. The second-order valence-corrected chi connectivity index (χ2v) is 5.48. The first-order valence-electron chi connectivity index (χ1n) is 6.28. The minimum Gasteiger partial charge on any atom is -0.454 e. The summed E-state index contributed by atoms with van der Waals surface area (Å²) in [4.78, 5) is 15.9. The van der Waals surface area contributed by atoms with E-state index in [9.17, 15) is 4.79 Å². The molecule has 20 heavy (non-hydrogen) atoms. The lowest BCUT2D eigenvalue weighted by molar-refractivity contribution is 0.0967. The van der Waals surface area contributed by atoms with Gasteiger partial charge in [-0.3, -0.25) is 4.79 Å². The molecule has 1 aromatic carbocycles. The van der Waals surface area contributed by atoms with E-state index >= 15 is 0 Å². The molecule has 1 aliphatic carbocycles. The molecule has 0 bridgehead atoms. The molecule has 0 unspecified atom stereocenters. The highest BCUT2D eigenvalue weighted by Crippen LogP contribution is 2.32. The Balaban J connectivity index is 1.90. The van der Waals surface area contributed by atoms with E-state index in [-0.39, 0.29) is 5.78 Å². The average molecular weight is 308 g/mol. The maximum Gasteiger partial charge on any atom is 0.181 e. The SMILES string of the molecule is O=C1CCCc2cc(Oc3ccc(Cl)cc3Cl)cnc21. The number of pyridine rings is 1. The van der Waals surface area contributed by atoms with Crippen LogP contribution >= 0.6 is 23.2 Å². The first kappa shape index (κ1) is 13.4. The van der Waals surface area contributed by atoms with Gasteiger partial charge in [-0.15, -0.1) is 0 Å². The van der Waals surface area contributed by atoms with Crippen LogP contribution in [0.4, 0.5) is 0 Å². The number of fused-ring (bicyclic) bond motifs is 1. The molecule has 2 aromatic rings. The highest BCUT2D eigenvalue weighted by Gasteiger charge is 2.19. The minimum absolute atomic E-state index is 0.0994. The topological polar surface area (TPSA) is 39.2 Å². The van der Waals surface area contributed by atoms with Gasteiger partial charge in [-0.05, 0) is 42.7 Å². The lowest BCUT2D eigenvalue weighted by Crippen LogP contribution is -2.12. The first-order chi connectivity index (χ1) is 9.63. The van der Waals surface area contributed by atoms with Crippen LogP contribution in [-0.4, -0.2) is 10.8 Å². The van der Waals surface area contributed by atoms with E-state index in [1.165, 1.54) is 0 Å². The quantitative estimate of drug-likeness (QED) is 0.807. The van der Waals surface area contributed by atoms with Gasteiger partial charge in [0.25, 0.3) is 0 Å². The molecule has 3 rings (SSSR count). The van der Waals surface area contributed by atoms with Gasteiger partial charge in [-0.1, -0.05) is 23.2 Å². The highest BCUT2D eigenvalue weighted by atomic mass is 35.5. The number of ketones is 1. The molecule has 0 atom stereocenters. The van der Waals surface area contributed by atoms with Gasteiger partial charge in [0.15, 0.2) is 5.78 Å². The predicted molar refractivity (Wildman–Crippen MR) is 78.0 cm³/mol. The Morgan fingerprint density at radius 3 is 2.80 bits per heavy atom. The lowest BCUT2D eigenvalue weighted by atomic mass is 9.95. The number of halogens is 2. The van der Waals surface area contributed by atoms with E-state index < -0.39 is 0 Å². The fraction of sp³-hybridized carbons (Fsp3) is 0.200. The molecule has 1 heterocycles. The van der Waals surface area contributed by atoms with E-state index in [2.05, 4.69) is 4.98 Å². The van der Waals surface area contributed by atoms with E-state index in [1.54, 1.807) is 24.4 Å². The molecule has 1 aliphatic rings. The summed E-state index contributed by atoms with van der Waals surface area (Å²) in [6, 6.07) is 6.88. The smallest absolute Gasteiger partial charge is 0.181 e. The molecular weight excluding hydrogens is 297 g/mol. The van der Waals surface area contributed by atoms with Gasteiger partial charge < -0.3 is 4.74 Å². The maximum absolute atomic E-state index is 11.7. The Labute approximate surface area is 126 Å². The number of hydrogen-bond donors (Lipinski definition) is 0. The van der Waals surface area contributed by atoms with Crippen molar-refractivity contribution in [2.24, 2.45) is 0 Å². The number of hydrogen-bond acceptors (Lipinski definition) is 3. The van der Waals surface area contributed by atoms with Crippen molar-refractivity contribution in [3.05, 3.63) is 51.8 Å². The summed E-state index contributed by atoms with van der Waals surface area (Å²) in [5.41, 5.74) is 1.50. The molecule has 0 aliphatic heterocycles. The number of aromatic nitrogens is 1. The number of nitrogens with zero attached hydrogens (tertiary/aromatic N) is 1. The van der Waals surface area contributed by atoms with Crippen molar-refractivity contribution in [2.75, 3.05) is 0 Å². The molecule has 1 aromatic heterocycles.